The zero-order valence-corrected chi connectivity index (χ0v) is 10.9. The highest BCUT2D eigenvalue weighted by atomic mass is 15.3. The van der Waals surface area contributed by atoms with E-state index >= 15 is 0 Å². The molecule has 0 fully saturated rings. The molecule has 1 aromatic rings. The largest absolute Gasteiger partial charge is 0.320 e. The second-order valence-corrected chi connectivity index (χ2v) is 4.85. The summed E-state index contributed by atoms with van der Waals surface area (Å²) in [7, 11) is 6.16. The first-order valence-electron chi connectivity index (χ1n) is 5.71. The molecular formula is C11H23N5. The van der Waals surface area contributed by atoms with E-state index in [0.717, 1.165) is 18.9 Å². The van der Waals surface area contributed by atoms with Crippen LogP contribution in [0.15, 0.2) is 6.33 Å². The maximum atomic E-state index is 4.06. The van der Waals surface area contributed by atoms with Crippen molar-refractivity contribution in [1.82, 2.24) is 25.0 Å². The molecule has 1 atom stereocenters. The van der Waals surface area contributed by atoms with E-state index in [1.165, 1.54) is 0 Å². The molecule has 0 spiro atoms. The summed E-state index contributed by atoms with van der Waals surface area (Å²) >= 11 is 0. The summed E-state index contributed by atoms with van der Waals surface area (Å²) in [6.45, 7) is 6.28. The van der Waals surface area contributed by atoms with E-state index in [4.69, 9.17) is 0 Å². The van der Waals surface area contributed by atoms with Gasteiger partial charge in [0.15, 0.2) is 0 Å². The first kappa shape index (κ1) is 13.1. The summed E-state index contributed by atoms with van der Waals surface area (Å²) in [4.78, 5) is 2.20. The minimum absolute atomic E-state index is 0.478. The van der Waals surface area contributed by atoms with Crippen LogP contribution in [-0.2, 0) is 13.6 Å². The first-order chi connectivity index (χ1) is 7.50. The van der Waals surface area contributed by atoms with Crippen molar-refractivity contribution in [3.63, 3.8) is 0 Å². The summed E-state index contributed by atoms with van der Waals surface area (Å²) in [5.41, 5.74) is 0. The summed E-state index contributed by atoms with van der Waals surface area (Å²) in [6, 6.07) is 0.478. The minimum Gasteiger partial charge on any atom is -0.320 e. The number of likely N-dealkylation sites (N-methyl/N-ethyl adjacent to an activating group) is 1. The van der Waals surface area contributed by atoms with Gasteiger partial charge in [-0.3, -0.25) is 0 Å². The Hall–Kier alpha value is -0.940. The van der Waals surface area contributed by atoms with Crippen LogP contribution < -0.4 is 5.32 Å². The normalized spacial score (nSPS) is 13.7. The smallest absolute Gasteiger partial charge is 0.146 e. The van der Waals surface area contributed by atoms with Crippen molar-refractivity contribution in [2.75, 3.05) is 20.6 Å². The zero-order chi connectivity index (χ0) is 12.1. The molecule has 1 heterocycles. The molecule has 5 nitrogen and oxygen atoms in total. The average Bonchev–Trinajstić information content (AvgIpc) is 2.57. The zero-order valence-electron chi connectivity index (χ0n) is 10.9. The van der Waals surface area contributed by atoms with Gasteiger partial charge in [-0.2, -0.15) is 0 Å². The van der Waals surface area contributed by atoms with Crippen molar-refractivity contribution in [2.24, 2.45) is 13.0 Å². The van der Waals surface area contributed by atoms with Gasteiger partial charge in [0.05, 0.1) is 6.54 Å². The predicted molar refractivity (Wildman–Crippen MR) is 65.0 cm³/mol. The maximum Gasteiger partial charge on any atom is 0.146 e. The lowest BCUT2D eigenvalue weighted by atomic mass is 10.0. The highest BCUT2D eigenvalue weighted by molar-refractivity contribution is 4.85. The number of aryl methyl sites for hydroxylation is 1. The van der Waals surface area contributed by atoms with Crippen LogP contribution in [0.5, 0.6) is 0 Å². The van der Waals surface area contributed by atoms with E-state index < -0.39 is 0 Å². The first-order valence-corrected chi connectivity index (χ1v) is 5.71. The Morgan fingerprint density at radius 3 is 2.56 bits per heavy atom. The Morgan fingerprint density at radius 1 is 1.44 bits per heavy atom. The third kappa shape index (κ3) is 3.90. The second kappa shape index (κ2) is 5.96. The molecular weight excluding hydrogens is 202 g/mol. The molecule has 0 aliphatic carbocycles. The Balaban J connectivity index is 2.47. The van der Waals surface area contributed by atoms with Crippen LogP contribution in [-0.4, -0.2) is 46.3 Å². The molecule has 0 bridgehead atoms. The van der Waals surface area contributed by atoms with Crippen molar-refractivity contribution in [1.29, 1.82) is 0 Å². The van der Waals surface area contributed by atoms with Gasteiger partial charge in [0.1, 0.15) is 12.2 Å². The van der Waals surface area contributed by atoms with E-state index in [-0.39, 0.29) is 0 Å². The number of aromatic nitrogens is 3. The van der Waals surface area contributed by atoms with E-state index in [1.807, 2.05) is 11.6 Å². The summed E-state index contributed by atoms with van der Waals surface area (Å²) in [5, 5.41) is 11.5. The molecule has 0 aliphatic heterocycles. The van der Waals surface area contributed by atoms with E-state index in [2.05, 4.69) is 48.4 Å². The van der Waals surface area contributed by atoms with Gasteiger partial charge >= 0.3 is 0 Å². The second-order valence-electron chi connectivity index (χ2n) is 4.85. The molecule has 0 amide bonds. The molecule has 0 saturated carbocycles. The molecule has 0 saturated heterocycles. The van der Waals surface area contributed by atoms with Crippen LogP contribution >= 0.6 is 0 Å². The average molecular weight is 225 g/mol. The monoisotopic (exact) mass is 225 g/mol. The van der Waals surface area contributed by atoms with Crippen LogP contribution in [0.1, 0.15) is 19.7 Å². The quantitative estimate of drug-likeness (QED) is 0.765. The highest BCUT2D eigenvalue weighted by Crippen LogP contribution is 2.04. The summed E-state index contributed by atoms with van der Waals surface area (Å²) < 4.78 is 1.94. The Labute approximate surface area is 97.9 Å². The van der Waals surface area contributed by atoms with Crippen LogP contribution in [0, 0.1) is 5.92 Å². The van der Waals surface area contributed by atoms with Crippen molar-refractivity contribution in [2.45, 2.75) is 26.4 Å². The molecule has 0 aromatic carbocycles. The van der Waals surface area contributed by atoms with Crippen molar-refractivity contribution >= 4 is 0 Å². The van der Waals surface area contributed by atoms with Crippen LogP contribution in [0.3, 0.4) is 0 Å². The molecule has 0 radical (unpaired) electrons. The number of hydrogen-bond acceptors (Lipinski definition) is 4. The lowest BCUT2D eigenvalue weighted by Gasteiger charge is -2.25. The third-order valence-electron chi connectivity index (χ3n) is 2.69. The molecule has 1 aromatic heterocycles. The van der Waals surface area contributed by atoms with Gasteiger partial charge < -0.3 is 14.8 Å². The van der Waals surface area contributed by atoms with Gasteiger partial charge in [0, 0.05) is 19.6 Å². The Kier molecular flexibility index (Phi) is 4.89. The Morgan fingerprint density at radius 2 is 2.12 bits per heavy atom. The SMILES string of the molecule is CC(C)C(CN(C)C)NCc1nncn1C. The van der Waals surface area contributed by atoms with Gasteiger partial charge in [-0.25, -0.2) is 0 Å². The minimum atomic E-state index is 0.478. The fraction of sp³-hybridized carbons (Fsp3) is 0.818. The highest BCUT2D eigenvalue weighted by Gasteiger charge is 2.14. The fourth-order valence-electron chi connectivity index (χ4n) is 1.59. The molecule has 16 heavy (non-hydrogen) atoms. The van der Waals surface area contributed by atoms with E-state index in [1.54, 1.807) is 6.33 Å². The molecule has 1 N–H and O–H groups in total. The van der Waals surface area contributed by atoms with Gasteiger partial charge in [0.25, 0.3) is 0 Å². The van der Waals surface area contributed by atoms with Crippen LogP contribution in [0.4, 0.5) is 0 Å². The number of nitrogens with one attached hydrogen (secondary N) is 1. The number of rotatable bonds is 6. The lowest BCUT2D eigenvalue weighted by Crippen LogP contribution is -2.41. The van der Waals surface area contributed by atoms with Gasteiger partial charge in [-0.15, -0.1) is 10.2 Å². The maximum absolute atomic E-state index is 4.06. The van der Waals surface area contributed by atoms with Gasteiger partial charge in [0.2, 0.25) is 0 Å². The predicted octanol–water partition coefficient (Wildman–Crippen LogP) is 0.491. The fourth-order valence-corrected chi connectivity index (χ4v) is 1.59. The molecule has 92 valence electrons. The number of nitrogens with zero attached hydrogens (tertiary/aromatic N) is 4. The van der Waals surface area contributed by atoms with E-state index in [0.29, 0.717) is 12.0 Å². The van der Waals surface area contributed by atoms with Crippen LogP contribution in [0.25, 0.3) is 0 Å². The molecule has 1 rings (SSSR count). The molecule has 5 heteroatoms. The summed E-state index contributed by atoms with van der Waals surface area (Å²) in [6.07, 6.45) is 1.73. The van der Waals surface area contributed by atoms with Crippen LogP contribution in [0.2, 0.25) is 0 Å². The molecule has 1 unspecified atom stereocenters. The van der Waals surface area contributed by atoms with Crippen molar-refractivity contribution in [3.8, 4) is 0 Å². The van der Waals surface area contributed by atoms with Crippen molar-refractivity contribution in [3.05, 3.63) is 12.2 Å². The number of hydrogen-bond donors (Lipinski definition) is 1. The topological polar surface area (TPSA) is 46.0 Å². The lowest BCUT2D eigenvalue weighted by molar-refractivity contribution is 0.286. The third-order valence-corrected chi connectivity index (χ3v) is 2.69. The van der Waals surface area contributed by atoms with Gasteiger partial charge in [-0.05, 0) is 20.0 Å². The molecule has 0 aliphatic rings. The Bertz CT molecular complexity index is 305. The van der Waals surface area contributed by atoms with Gasteiger partial charge in [-0.1, -0.05) is 13.8 Å². The summed E-state index contributed by atoms with van der Waals surface area (Å²) in [5.74, 6) is 1.58. The van der Waals surface area contributed by atoms with Crippen molar-refractivity contribution < 1.29 is 0 Å². The van der Waals surface area contributed by atoms with E-state index in [9.17, 15) is 0 Å². The standard InChI is InChI=1S/C11H23N5/c1-9(2)10(7-15(3)4)12-6-11-14-13-8-16(11)5/h8-10,12H,6-7H2,1-5H3.